The third-order valence-electron chi connectivity index (χ3n) is 19.6. The molecule has 6 heterocycles. The molecule has 6 amide bonds. The number of unbranched alkanes of at least 4 members (excludes halogenated alkanes) is 4. The van der Waals surface area contributed by atoms with Crippen LogP contribution in [0.3, 0.4) is 0 Å². The zero-order valence-electron chi connectivity index (χ0n) is 64.3. The van der Waals surface area contributed by atoms with Crippen molar-refractivity contribution in [3.05, 3.63) is 174 Å². The third-order valence-corrected chi connectivity index (χ3v) is 22.2. The van der Waals surface area contributed by atoms with Gasteiger partial charge in [-0.15, -0.1) is 22.7 Å². The number of carbonyl (C=O) groups excluding carboxylic acids is 7. The molecule has 8 aromatic rings. The van der Waals surface area contributed by atoms with E-state index in [-0.39, 0.29) is 98.7 Å². The van der Waals surface area contributed by atoms with Gasteiger partial charge in [0.1, 0.15) is 47.9 Å². The van der Waals surface area contributed by atoms with Crippen molar-refractivity contribution in [3.63, 3.8) is 0 Å². The van der Waals surface area contributed by atoms with Crippen molar-refractivity contribution in [1.82, 2.24) is 56.7 Å². The van der Waals surface area contributed by atoms with Crippen molar-refractivity contribution in [1.29, 1.82) is 0 Å². The van der Waals surface area contributed by atoms with Gasteiger partial charge in [0, 0.05) is 66.9 Å². The minimum atomic E-state index is -1.30. The van der Waals surface area contributed by atoms with Crippen LogP contribution in [-0.4, -0.2) is 165 Å². The minimum absolute atomic E-state index is 0.0160. The largest absolute Gasteiger partial charge is 0.391 e. The highest BCUT2D eigenvalue weighted by Gasteiger charge is 2.46. The zero-order valence-corrected chi connectivity index (χ0v) is 68.1. The number of aliphatic hydroxyl groups is 2. The average molecular weight is 1700 g/mol. The molecule has 10 rings (SSSR count). The monoisotopic (exact) mass is 1700 g/mol. The van der Waals surface area contributed by atoms with E-state index in [1.165, 1.54) is 33.3 Å². The summed E-state index contributed by atoms with van der Waals surface area (Å²) >= 11 is 5.00. The van der Waals surface area contributed by atoms with Gasteiger partial charge in [-0.05, 0) is 166 Å². The van der Waals surface area contributed by atoms with Gasteiger partial charge in [-0.1, -0.05) is 99.4 Å². The summed E-state index contributed by atoms with van der Waals surface area (Å²) in [4.78, 5) is 109. The van der Waals surface area contributed by atoms with Crippen LogP contribution in [0.5, 0.6) is 0 Å². The quantitative estimate of drug-likeness (QED) is 0.00986. The Bertz CT molecular complexity index is 4460. The highest BCUT2D eigenvalue weighted by atomic mass is 127. The minimum Gasteiger partial charge on any atom is -0.391 e. The first kappa shape index (κ1) is 87.1. The van der Waals surface area contributed by atoms with Crippen LogP contribution in [0.25, 0.3) is 20.9 Å². The lowest BCUT2D eigenvalue weighted by Crippen LogP contribution is -2.49. The number of hydrogen-bond acceptors (Lipinski definition) is 21. The number of aryl methyl sites for hydroxylation is 4. The van der Waals surface area contributed by atoms with Gasteiger partial charge in [0.05, 0.1) is 92.1 Å². The van der Waals surface area contributed by atoms with Crippen LogP contribution >= 0.6 is 45.3 Å². The molecule has 2 aliphatic rings. The number of nitrogens with two attached hydrogens (primary N) is 1. The molecular weight excluding hydrogens is 1600 g/mol. The van der Waals surface area contributed by atoms with E-state index in [1.54, 1.807) is 54.4 Å². The van der Waals surface area contributed by atoms with Gasteiger partial charge in [0.2, 0.25) is 35.4 Å². The molecule has 8 atom stereocenters. The van der Waals surface area contributed by atoms with E-state index in [1.807, 2.05) is 113 Å². The van der Waals surface area contributed by atoms with Gasteiger partial charge >= 0.3 is 0 Å². The number of hydrogen-bond donors (Lipinski definition) is 9. The van der Waals surface area contributed by atoms with Crippen LogP contribution in [-0.2, 0) is 33.5 Å². The predicted octanol–water partition coefficient (Wildman–Crippen LogP) is 11.9. The Labute approximate surface area is 672 Å². The molecule has 10 N–H and O–H groups in total. The second-order valence-corrected chi connectivity index (χ2v) is 32.0. The Morgan fingerprint density at radius 3 is 1.52 bits per heavy atom. The number of Topliss-reactive ketones (excluding diaryl/α,β-unsaturated/α-hetero) is 1. The summed E-state index contributed by atoms with van der Waals surface area (Å²) in [5, 5.41) is 47.0. The van der Waals surface area contributed by atoms with E-state index in [4.69, 9.17) is 19.5 Å². The summed E-state index contributed by atoms with van der Waals surface area (Å²) in [5.74, 6) is -6.56. The SMILES string of the molecule is Cc1cc([C@H](C(=O)N2C[C@H](O)C[C@H]2C(=O)N[C@@H](CC(=O)NCCCCCN)c2ccc(-c3scnc3C)cc2)C(C)C)on1.Cc1cc([C@H](C(=O)N2C[C@H](O)C[C@H]2C(=O)N[C@@H](CC(=O)NCCCCCNCCCOCC(=O)c2ccc(F)c(F)c2Nc2ccc(I)cc2F)c2ccc(-c3scnc3C)cc2)C(C)C)on1. The number of aromatic nitrogens is 4. The van der Waals surface area contributed by atoms with E-state index in [2.05, 4.69) is 52.2 Å². The Hall–Kier alpha value is -8.83. The summed E-state index contributed by atoms with van der Waals surface area (Å²) in [7, 11) is 0. The molecule has 0 saturated carbocycles. The van der Waals surface area contributed by atoms with E-state index in [9.17, 15) is 56.9 Å². The fourth-order valence-corrected chi connectivity index (χ4v) is 15.8. The summed E-state index contributed by atoms with van der Waals surface area (Å²) < 4.78 is 60.3. The van der Waals surface area contributed by atoms with Crippen LogP contribution in [0.1, 0.15) is 178 Å². The number of nitrogens with one attached hydrogen (secondary N) is 6. The molecular formula is C81H101F3IN13O12S2. The van der Waals surface area contributed by atoms with Crippen molar-refractivity contribution < 1.29 is 70.7 Å². The number of halogens is 4. The fraction of sp³-hybridized carbons (Fsp3) is 0.469. The summed E-state index contributed by atoms with van der Waals surface area (Å²) in [6.45, 7) is 17.8. The number of carbonyl (C=O) groups is 7. The summed E-state index contributed by atoms with van der Waals surface area (Å²) in [6.07, 6.45) is 3.97. The smallest absolute Gasteiger partial charge is 0.243 e. The Kier molecular flexibility index (Phi) is 32.9. The van der Waals surface area contributed by atoms with E-state index < -0.39 is 88.9 Å². The van der Waals surface area contributed by atoms with Gasteiger partial charge in [0.15, 0.2) is 17.4 Å². The average Bonchev–Trinajstić information content (AvgIpc) is 1.16. The number of anilines is 2. The zero-order chi connectivity index (χ0) is 80.7. The maximum Gasteiger partial charge on any atom is 0.243 e. The van der Waals surface area contributed by atoms with Crippen molar-refractivity contribution >= 4 is 97.9 Å². The number of benzene rings is 4. The lowest BCUT2D eigenvalue weighted by atomic mass is 9.91. The molecule has 2 aliphatic heterocycles. The summed E-state index contributed by atoms with van der Waals surface area (Å²) in [6, 6.07) is 21.7. The molecule has 112 heavy (non-hydrogen) atoms. The first-order chi connectivity index (χ1) is 53.7. The third kappa shape index (κ3) is 24.1. The van der Waals surface area contributed by atoms with Gasteiger partial charge in [0.25, 0.3) is 0 Å². The normalized spacial score (nSPS) is 16.5. The number of nitrogens with zero attached hydrogens (tertiary/aromatic N) is 6. The van der Waals surface area contributed by atoms with Crippen LogP contribution in [0.15, 0.2) is 111 Å². The van der Waals surface area contributed by atoms with Crippen molar-refractivity contribution in [2.45, 2.75) is 174 Å². The molecule has 2 saturated heterocycles. The molecule has 0 spiro atoms. The number of likely N-dealkylation sites (tertiary alicyclic amines) is 2. The molecule has 0 aliphatic carbocycles. The predicted molar refractivity (Wildman–Crippen MR) is 430 cm³/mol. The molecule has 0 unspecified atom stereocenters. The summed E-state index contributed by atoms with van der Waals surface area (Å²) in [5.41, 5.74) is 15.0. The lowest BCUT2D eigenvalue weighted by molar-refractivity contribution is -0.141. The second kappa shape index (κ2) is 42.3. The van der Waals surface area contributed by atoms with Gasteiger partial charge < -0.3 is 71.4 Å². The van der Waals surface area contributed by atoms with Crippen molar-refractivity contribution in [2.75, 3.05) is 64.3 Å². The van der Waals surface area contributed by atoms with E-state index in [0.29, 0.717) is 77.6 Å². The number of thiazole rings is 2. The van der Waals surface area contributed by atoms with Gasteiger partial charge in [-0.25, -0.2) is 23.1 Å². The number of ether oxygens (including phenoxy) is 1. The highest BCUT2D eigenvalue weighted by Crippen LogP contribution is 2.37. The molecule has 31 heteroatoms. The Morgan fingerprint density at radius 2 is 1.08 bits per heavy atom. The van der Waals surface area contributed by atoms with Crippen LogP contribution in [0, 0.1) is 60.6 Å². The van der Waals surface area contributed by atoms with E-state index >= 15 is 0 Å². The van der Waals surface area contributed by atoms with Crippen molar-refractivity contribution in [2.24, 2.45) is 17.6 Å². The van der Waals surface area contributed by atoms with Gasteiger partial charge in [-0.3, -0.25) is 33.6 Å². The molecule has 602 valence electrons. The molecule has 2 fully saturated rings. The Balaban J connectivity index is 0.000000282. The fourth-order valence-electron chi connectivity index (χ4n) is 13.7. The molecule has 0 bridgehead atoms. The highest BCUT2D eigenvalue weighted by molar-refractivity contribution is 14.1. The standard InChI is InChI=1S/C49H57F3IN7O7S.C32H44N6O5S/c1-28(2)44(42-21-29(3)59-67-42)49(65)60-25-34(61)23-40(60)48(64)58-39(31-9-11-32(12-10-31)47-30(4)56-27-68-47)24-43(63)55-19-7-5-6-17-54-18-8-20-66-26-41(62)35-14-15-36(50)45(52)46(35)57-38-16-13-33(53)22-37(38)51;1-19(2)29(27-14-20(3)37-43-27)32(42)38-17-24(39)15-26(38)31(41)36-25(16-28(40)34-13-7-5-6-12-33)22-8-10-23(11-9-22)30-21(4)35-18-44-30/h9-16,21-22,27-28,34,39-40,44,54,57,61H,5-8,17-20,23-26H2,1-4H3,(H,55,63)(H,58,64);8-11,14,18-19,24-26,29,39H,5-7,12-13,15-17,33H2,1-4H3,(H,34,40)(H,36,41)/t34-,39+,40+,44-;24-,25+,26+,29-/m11/s1. The first-order valence-electron chi connectivity index (χ1n) is 37.9. The van der Waals surface area contributed by atoms with Crippen LogP contribution in [0.4, 0.5) is 24.5 Å². The number of β-amino-alcohol motifs (C(OH)–C–C–N with tert-alkyl or cyclic N) is 2. The lowest BCUT2D eigenvalue weighted by Gasteiger charge is -2.30. The van der Waals surface area contributed by atoms with Gasteiger partial charge in [-0.2, -0.15) is 0 Å². The number of aliphatic hydroxyl groups excluding tert-OH is 2. The number of ketones is 1. The number of amides is 6. The van der Waals surface area contributed by atoms with Crippen LogP contribution in [0.2, 0.25) is 0 Å². The molecule has 0 radical (unpaired) electrons. The second-order valence-electron chi connectivity index (χ2n) is 29.0. The van der Waals surface area contributed by atoms with Crippen molar-refractivity contribution in [3.8, 4) is 20.9 Å². The molecule has 4 aromatic heterocycles. The number of rotatable bonds is 38. The molecule has 25 nitrogen and oxygen atoms in total. The Morgan fingerprint density at radius 1 is 0.607 bits per heavy atom. The first-order valence-corrected chi connectivity index (χ1v) is 40.7. The maximum atomic E-state index is 14.7. The molecule has 4 aromatic carbocycles. The maximum absolute atomic E-state index is 14.7. The van der Waals surface area contributed by atoms with Crippen LogP contribution < -0.4 is 37.6 Å². The topological polar surface area (TPSA) is 352 Å². The van der Waals surface area contributed by atoms with E-state index in [0.717, 1.165) is 82.1 Å².